The maximum Gasteiger partial charge on any atom is 0.335 e. The molecule has 2 heterocycles. The summed E-state index contributed by atoms with van der Waals surface area (Å²) in [5, 5.41) is 9.39. The van der Waals surface area contributed by atoms with Crippen molar-refractivity contribution < 1.29 is 24.2 Å². The lowest BCUT2D eigenvalue weighted by atomic mass is 10.1. The topological polar surface area (TPSA) is 100 Å². The molecule has 2 aromatic rings. The van der Waals surface area contributed by atoms with E-state index in [1.54, 1.807) is 41.6 Å². The second-order valence-corrected chi connectivity index (χ2v) is 7.37. The Labute approximate surface area is 180 Å². The number of anilines is 2. The van der Waals surface area contributed by atoms with Crippen molar-refractivity contribution in [3.8, 4) is 0 Å². The number of aromatic carboxylic acids is 1. The van der Waals surface area contributed by atoms with Crippen LogP contribution in [0.3, 0.4) is 0 Å². The largest absolute Gasteiger partial charge is 0.478 e. The molecule has 1 N–H and O–H groups in total. The summed E-state index contributed by atoms with van der Waals surface area (Å²) in [6, 6.07) is 7.95. The van der Waals surface area contributed by atoms with Crippen LogP contribution >= 0.6 is 0 Å². The fourth-order valence-corrected chi connectivity index (χ4v) is 3.26. The van der Waals surface area contributed by atoms with Gasteiger partial charge in [-0.15, -0.1) is 0 Å². The summed E-state index contributed by atoms with van der Waals surface area (Å²) in [7, 11) is 0. The van der Waals surface area contributed by atoms with Crippen LogP contribution in [0.4, 0.5) is 11.4 Å². The number of carbonyl (C=O) groups is 3. The zero-order valence-electron chi connectivity index (χ0n) is 17.5. The molecule has 1 aliphatic heterocycles. The van der Waals surface area contributed by atoms with Gasteiger partial charge in [0, 0.05) is 31.6 Å². The number of ether oxygens (including phenoxy) is 1. The fourth-order valence-electron chi connectivity index (χ4n) is 3.26. The molecule has 8 nitrogen and oxygen atoms in total. The minimum Gasteiger partial charge on any atom is -0.478 e. The molecule has 3 rings (SSSR count). The number of amides is 2. The van der Waals surface area contributed by atoms with Gasteiger partial charge in [-0.2, -0.15) is 0 Å². The molecule has 0 spiro atoms. The first-order valence-electron chi connectivity index (χ1n) is 10.1. The smallest absolute Gasteiger partial charge is 0.335 e. The Kier molecular flexibility index (Phi) is 7.15. The predicted molar refractivity (Wildman–Crippen MR) is 117 cm³/mol. The summed E-state index contributed by atoms with van der Waals surface area (Å²) < 4.78 is 5.55. The van der Waals surface area contributed by atoms with Gasteiger partial charge in [0.2, 0.25) is 5.91 Å². The van der Waals surface area contributed by atoms with Crippen LogP contribution in [0.15, 0.2) is 48.8 Å². The van der Waals surface area contributed by atoms with Crippen molar-refractivity contribution in [1.82, 2.24) is 4.98 Å². The molecule has 1 aliphatic rings. The number of rotatable bonds is 8. The van der Waals surface area contributed by atoms with E-state index in [4.69, 9.17) is 4.74 Å². The van der Waals surface area contributed by atoms with E-state index in [0.29, 0.717) is 30.9 Å². The third-order valence-electron chi connectivity index (χ3n) is 4.77. The third kappa shape index (κ3) is 5.55. The number of carbonyl (C=O) groups excluding carboxylic acids is 2. The highest BCUT2D eigenvalue weighted by Gasteiger charge is 2.32. The van der Waals surface area contributed by atoms with E-state index in [9.17, 15) is 19.5 Å². The molecule has 162 valence electrons. The van der Waals surface area contributed by atoms with E-state index in [0.717, 1.165) is 5.56 Å². The monoisotopic (exact) mass is 423 g/mol. The van der Waals surface area contributed by atoms with Crippen LogP contribution in [-0.2, 0) is 14.3 Å². The number of carboxylic acids is 1. The second kappa shape index (κ2) is 9.99. The van der Waals surface area contributed by atoms with Gasteiger partial charge in [0.25, 0.3) is 5.91 Å². The van der Waals surface area contributed by atoms with Gasteiger partial charge in [-0.05, 0) is 62.2 Å². The first-order chi connectivity index (χ1) is 14.9. The Balaban J connectivity index is 1.87. The van der Waals surface area contributed by atoms with Crippen molar-refractivity contribution >= 4 is 35.2 Å². The van der Waals surface area contributed by atoms with Crippen molar-refractivity contribution in [3.63, 3.8) is 0 Å². The number of aromatic nitrogens is 1. The molecule has 1 aromatic heterocycles. The predicted octanol–water partition coefficient (Wildman–Crippen LogP) is 2.99. The Morgan fingerprint density at radius 1 is 1.19 bits per heavy atom. The number of hydrogen-bond donors (Lipinski definition) is 1. The van der Waals surface area contributed by atoms with Crippen LogP contribution in [0.1, 0.15) is 36.2 Å². The molecule has 0 atom stereocenters. The zero-order chi connectivity index (χ0) is 22.4. The SMILES string of the molecule is CC(C)OCCCN1C(=O)CN(C(=O)/C=C/c2ccncc2)c2cc(C(=O)O)ccc21. The number of nitrogens with zero attached hydrogens (tertiary/aromatic N) is 3. The molecular weight excluding hydrogens is 398 g/mol. The van der Waals surface area contributed by atoms with Crippen molar-refractivity contribution in [2.75, 3.05) is 29.5 Å². The van der Waals surface area contributed by atoms with Crippen LogP contribution in [0.25, 0.3) is 6.08 Å². The average molecular weight is 423 g/mol. The quantitative estimate of drug-likeness (QED) is 0.518. The first kappa shape index (κ1) is 22.2. The molecule has 1 aromatic carbocycles. The molecule has 8 heteroatoms. The highest BCUT2D eigenvalue weighted by Crippen LogP contribution is 2.35. The van der Waals surface area contributed by atoms with Crippen molar-refractivity contribution in [3.05, 3.63) is 59.9 Å². The summed E-state index contributed by atoms with van der Waals surface area (Å²) in [6.45, 7) is 4.64. The van der Waals surface area contributed by atoms with Gasteiger partial charge in [0.15, 0.2) is 0 Å². The molecule has 0 radical (unpaired) electrons. The van der Waals surface area contributed by atoms with Gasteiger partial charge in [0.1, 0.15) is 6.54 Å². The number of pyridine rings is 1. The molecule has 2 amide bonds. The molecule has 0 bridgehead atoms. The maximum absolute atomic E-state index is 12.9. The molecular formula is C23H25N3O5. The molecule has 0 saturated carbocycles. The number of benzene rings is 1. The van der Waals surface area contributed by atoms with Gasteiger partial charge in [-0.1, -0.05) is 0 Å². The van der Waals surface area contributed by atoms with Crippen LogP contribution in [0, 0.1) is 0 Å². The van der Waals surface area contributed by atoms with Crippen LogP contribution in [0.2, 0.25) is 0 Å². The summed E-state index contributed by atoms with van der Waals surface area (Å²) in [5.41, 5.74) is 1.75. The summed E-state index contributed by atoms with van der Waals surface area (Å²) >= 11 is 0. The van der Waals surface area contributed by atoms with Crippen molar-refractivity contribution in [1.29, 1.82) is 0 Å². The van der Waals surface area contributed by atoms with E-state index in [-0.39, 0.29) is 24.1 Å². The normalized spacial score (nSPS) is 13.7. The van der Waals surface area contributed by atoms with Crippen molar-refractivity contribution in [2.45, 2.75) is 26.4 Å². The van der Waals surface area contributed by atoms with Gasteiger partial charge in [-0.25, -0.2) is 4.79 Å². The van der Waals surface area contributed by atoms with Crippen LogP contribution < -0.4 is 9.80 Å². The summed E-state index contributed by atoms with van der Waals surface area (Å²) in [5.74, 6) is -1.74. The standard InChI is InChI=1S/C23H25N3O5/c1-16(2)31-13-3-12-25-19-6-5-18(23(29)30)14-20(19)26(15-22(25)28)21(27)7-4-17-8-10-24-11-9-17/h4-11,14,16H,3,12-13,15H2,1-2H3,(H,29,30)/b7-4+. The molecule has 31 heavy (non-hydrogen) atoms. The molecule has 0 aliphatic carbocycles. The molecule has 0 fully saturated rings. The zero-order valence-corrected chi connectivity index (χ0v) is 17.5. The van der Waals surface area contributed by atoms with Gasteiger partial charge < -0.3 is 14.7 Å². The van der Waals surface area contributed by atoms with Crippen molar-refractivity contribution in [2.24, 2.45) is 0 Å². The number of fused-ring (bicyclic) bond motifs is 1. The second-order valence-electron chi connectivity index (χ2n) is 7.37. The Morgan fingerprint density at radius 3 is 2.61 bits per heavy atom. The average Bonchev–Trinajstić information content (AvgIpc) is 2.76. The number of carboxylic acid groups (broad SMARTS) is 1. The van der Waals surface area contributed by atoms with Crippen LogP contribution in [-0.4, -0.2) is 53.7 Å². The highest BCUT2D eigenvalue weighted by atomic mass is 16.5. The first-order valence-corrected chi connectivity index (χ1v) is 10.1. The molecule has 0 saturated heterocycles. The minimum atomic E-state index is -1.10. The Bertz CT molecular complexity index is 988. The Hall–Kier alpha value is -3.52. The van der Waals surface area contributed by atoms with Crippen LogP contribution in [0.5, 0.6) is 0 Å². The number of hydrogen-bond acceptors (Lipinski definition) is 5. The van der Waals surface area contributed by atoms with E-state index in [1.165, 1.54) is 23.1 Å². The lowest BCUT2D eigenvalue weighted by Gasteiger charge is -2.36. The fraction of sp³-hybridized carbons (Fsp3) is 0.304. The van der Waals surface area contributed by atoms with E-state index < -0.39 is 11.9 Å². The summed E-state index contributed by atoms with van der Waals surface area (Å²) in [6.07, 6.45) is 6.95. The third-order valence-corrected chi connectivity index (χ3v) is 4.77. The summed E-state index contributed by atoms with van der Waals surface area (Å²) in [4.78, 5) is 44.0. The van der Waals surface area contributed by atoms with E-state index in [2.05, 4.69) is 4.98 Å². The Morgan fingerprint density at radius 2 is 1.94 bits per heavy atom. The maximum atomic E-state index is 12.9. The van der Waals surface area contributed by atoms with E-state index in [1.807, 2.05) is 13.8 Å². The minimum absolute atomic E-state index is 0.0482. The van der Waals surface area contributed by atoms with E-state index >= 15 is 0 Å². The van der Waals surface area contributed by atoms with Gasteiger partial charge >= 0.3 is 5.97 Å². The molecule has 0 unspecified atom stereocenters. The van der Waals surface area contributed by atoms with Gasteiger partial charge in [0.05, 0.1) is 23.0 Å². The lowest BCUT2D eigenvalue weighted by Crippen LogP contribution is -2.48. The van der Waals surface area contributed by atoms with Gasteiger partial charge in [-0.3, -0.25) is 19.5 Å². The highest BCUT2D eigenvalue weighted by molar-refractivity contribution is 6.15. The lowest BCUT2D eigenvalue weighted by molar-refractivity contribution is -0.120.